The maximum absolute atomic E-state index is 12.2. The normalized spacial score (nSPS) is 16.9. The van der Waals surface area contributed by atoms with E-state index in [2.05, 4.69) is 5.32 Å². The van der Waals surface area contributed by atoms with E-state index in [4.69, 9.17) is 11.5 Å². The van der Waals surface area contributed by atoms with Gasteiger partial charge in [-0.05, 0) is 25.0 Å². The second-order valence-electron chi connectivity index (χ2n) is 5.18. The van der Waals surface area contributed by atoms with E-state index >= 15 is 0 Å². The number of hydrogen-bond acceptors (Lipinski definition) is 5. The summed E-state index contributed by atoms with van der Waals surface area (Å²) in [5, 5.41) is 13.8. The third-order valence-corrected chi connectivity index (χ3v) is 3.82. The summed E-state index contributed by atoms with van der Waals surface area (Å²) in [6, 6.07) is 4.05. The van der Waals surface area contributed by atoms with Crippen LogP contribution >= 0.6 is 0 Å². The number of nitrogens with one attached hydrogen (secondary N) is 1. The van der Waals surface area contributed by atoms with E-state index in [1.54, 1.807) is 0 Å². The van der Waals surface area contributed by atoms with E-state index in [9.17, 15) is 14.9 Å². The van der Waals surface area contributed by atoms with Crippen molar-refractivity contribution in [3.05, 3.63) is 33.9 Å². The van der Waals surface area contributed by atoms with Crippen LogP contribution in [0.3, 0.4) is 0 Å². The number of anilines is 1. The van der Waals surface area contributed by atoms with Crippen molar-refractivity contribution in [2.24, 2.45) is 5.73 Å². The lowest BCUT2D eigenvalue weighted by Gasteiger charge is -2.28. The van der Waals surface area contributed by atoms with Crippen molar-refractivity contribution in [3.63, 3.8) is 0 Å². The summed E-state index contributed by atoms with van der Waals surface area (Å²) in [7, 11) is 0. The van der Waals surface area contributed by atoms with Crippen LogP contribution in [0.1, 0.15) is 36.0 Å². The summed E-state index contributed by atoms with van der Waals surface area (Å²) >= 11 is 0. The molecule has 1 saturated carbocycles. The molecule has 0 saturated heterocycles. The molecule has 0 unspecified atom stereocenters. The van der Waals surface area contributed by atoms with E-state index in [1.165, 1.54) is 18.2 Å². The largest absolute Gasteiger partial charge is 0.393 e. The third-order valence-electron chi connectivity index (χ3n) is 3.82. The molecule has 1 aliphatic rings. The molecule has 7 heteroatoms. The molecule has 0 heterocycles. The lowest BCUT2D eigenvalue weighted by atomic mass is 9.97. The van der Waals surface area contributed by atoms with Gasteiger partial charge < -0.3 is 16.8 Å². The van der Waals surface area contributed by atoms with Gasteiger partial charge in [0, 0.05) is 18.2 Å². The number of nitrogens with two attached hydrogens (primary N) is 2. The summed E-state index contributed by atoms with van der Waals surface area (Å²) in [6.07, 6.45) is 3.73. The van der Waals surface area contributed by atoms with Gasteiger partial charge in [-0.1, -0.05) is 12.8 Å². The number of nitrogens with zero attached hydrogens (tertiary/aromatic N) is 1. The van der Waals surface area contributed by atoms with Gasteiger partial charge in [0.15, 0.2) is 0 Å². The van der Waals surface area contributed by atoms with Crippen LogP contribution in [0, 0.1) is 10.1 Å². The monoisotopic (exact) mass is 278 g/mol. The predicted octanol–water partition coefficient (Wildman–Crippen LogP) is 1.18. The lowest BCUT2D eigenvalue weighted by Crippen LogP contribution is -2.51. The molecule has 0 spiro atoms. The van der Waals surface area contributed by atoms with Crippen LogP contribution in [0.2, 0.25) is 0 Å². The molecule has 7 nitrogen and oxygen atoms in total. The highest BCUT2D eigenvalue weighted by molar-refractivity contribution is 5.96. The Kier molecular flexibility index (Phi) is 3.89. The summed E-state index contributed by atoms with van der Waals surface area (Å²) in [4.78, 5) is 22.5. The first kappa shape index (κ1) is 14.3. The fourth-order valence-electron chi connectivity index (χ4n) is 2.59. The fraction of sp³-hybridized carbons (Fsp3) is 0.462. The minimum atomic E-state index is -0.597. The van der Waals surface area contributed by atoms with Gasteiger partial charge >= 0.3 is 0 Å². The highest BCUT2D eigenvalue weighted by Gasteiger charge is 2.34. The van der Waals surface area contributed by atoms with Crippen LogP contribution in [-0.4, -0.2) is 22.9 Å². The Morgan fingerprint density at radius 3 is 2.60 bits per heavy atom. The van der Waals surface area contributed by atoms with Crippen LogP contribution in [0.5, 0.6) is 0 Å². The van der Waals surface area contributed by atoms with E-state index in [1.807, 2.05) is 0 Å². The number of nitro benzene ring substituents is 1. The Hall–Kier alpha value is -2.15. The van der Waals surface area contributed by atoms with Crippen molar-refractivity contribution in [3.8, 4) is 0 Å². The SMILES string of the molecule is NCC1(NC(=O)c2ccc(N)c([N+](=O)[O-])c2)CCCC1. The molecule has 1 aromatic rings. The van der Waals surface area contributed by atoms with Crippen LogP contribution in [-0.2, 0) is 0 Å². The van der Waals surface area contributed by atoms with Gasteiger partial charge in [-0.25, -0.2) is 0 Å². The summed E-state index contributed by atoms with van der Waals surface area (Å²) in [5.74, 6) is -0.347. The number of nitro groups is 1. The first-order valence-corrected chi connectivity index (χ1v) is 6.54. The Morgan fingerprint density at radius 1 is 1.40 bits per heavy atom. The first-order valence-electron chi connectivity index (χ1n) is 6.54. The Morgan fingerprint density at radius 2 is 2.05 bits per heavy atom. The Labute approximate surface area is 116 Å². The summed E-state index contributed by atoms with van der Waals surface area (Å²) < 4.78 is 0. The zero-order valence-electron chi connectivity index (χ0n) is 11.1. The zero-order valence-corrected chi connectivity index (χ0v) is 11.1. The third kappa shape index (κ3) is 2.72. The highest BCUT2D eigenvalue weighted by Crippen LogP contribution is 2.29. The Balaban J connectivity index is 2.21. The van der Waals surface area contributed by atoms with Crippen molar-refractivity contribution in [2.75, 3.05) is 12.3 Å². The first-order chi connectivity index (χ1) is 9.47. The molecular formula is C13H18N4O3. The molecular weight excluding hydrogens is 260 g/mol. The van der Waals surface area contributed by atoms with E-state index in [-0.39, 0.29) is 28.4 Å². The van der Waals surface area contributed by atoms with Crippen LogP contribution in [0.25, 0.3) is 0 Å². The number of carbonyl (C=O) groups is 1. The van der Waals surface area contributed by atoms with Crippen LogP contribution in [0.15, 0.2) is 18.2 Å². The average Bonchev–Trinajstić information content (AvgIpc) is 2.88. The molecule has 0 aromatic heterocycles. The minimum absolute atomic E-state index is 0.0426. The number of rotatable bonds is 4. The van der Waals surface area contributed by atoms with E-state index < -0.39 is 4.92 Å². The molecule has 20 heavy (non-hydrogen) atoms. The van der Waals surface area contributed by atoms with Crippen LogP contribution in [0.4, 0.5) is 11.4 Å². The number of nitrogen functional groups attached to an aromatic ring is 1. The Bertz CT molecular complexity index is 538. The molecule has 5 N–H and O–H groups in total. The summed E-state index contributed by atoms with van der Waals surface area (Å²) in [6.45, 7) is 0.371. The molecule has 0 radical (unpaired) electrons. The topological polar surface area (TPSA) is 124 Å². The maximum atomic E-state index is 12.2. The van der Waals surface area contributed by atoms with Gasteiger partial charge in [-0.3, -0.25) is 14.9 Å². The van der Waals surface area contributed by atoms with Gasteiger partial charge in [-0.15, -0.1) is 0 Å². The highest BCUT2D eigenvalue weighted by atomic mass is 16.6. The smallest absolute Gasteiger partial charge is 0.292 e. The summed E-state index contributed by atoms with van der Waals surface area (Å²) in [5.41, 5.74) is 10.9. The van der Waals surface area contributed by atoms with E-state index in [0.29, 0.717) is 6.54 Å². The van der Waals surface area contributed by atoms with Gasteiger partial charge in [0.2, 0.25) is 0 Å². The van der Waals surface area contributed by atoms with Crippen molar-refractivity contribution in [2.45, 2.75) is 31.2 Å². The molecule has 108 valence electrons. The molecule has 2 rings (SSSR count). The molecule has 1 aromatic carbocycles. The standard InChI is InChI=1S/C13H18N4O3/c14-8-13(5-1-2-6-13)16-12(18)9-3-4-10(15)11(7-9)17(19)20/h3-4,7H,1-2,5-6,8,14-15H2,(H,16,18). The second-order valence-corrected chi connectivity index (χ2v) is 5.18. The molecule has 0 atom stereocenters. The minimum Gasteiger partial charge on any atom is -0.393 e. The molecule has 1 fully saturated rings. The van der Waals surface area contributed by atoms with E-state index in [0.717, 1.165) is 25.7 Å². The van der Waals surface area contributed by atoms with Gasteiger partial charge in [-0.2, -0.15) is 0 Å². The molecule has 1 aliphatic carbocycles. The van der Waals surface area contributed by atoms with Crippen molar-refractivity contribution < 1.29 is 9.72 Å². The maximum Gasteiger partial charge on any atom is 0.292 e. The average molecular weight is 278 g/mol. The van der Waals surface area contributed by atoms with Gasteiger partial charge in [0.05, 0.1) is 10.5 Å². The molecule has 0 bridgehead atoms. The zero-order chi connectivity index (χ0) is 14.8. The quantitative estimate of drug-likeness (QED) is 0.433. The van der Waals surface area contributed by atoms with Gasteiger partial charge in [0.1, 0.15) is 5.69 Å². The lowest BCUT2D eigenvalue weighted by molar-refractivity contribution is -0.383. The number of benzene rings is 1. The van der Waals surface area contributed by atoms with Crippen molar-refractivity contribution >= 4 is 17.3 Å². The van der Waals surface area contributed by atoms with Crippen molar-refractivity contribution in [1.29, 1.82) is 0 Å². The number of amides is 1. The fourth-order valence-corrected chi connectivity index (χ4v) is 2.59. The second kappa shape index (κ2) is 5.46. The predicted molar refractivity (Wildman–Crippen MR) is 75.2 cm³/mol. The molecule has 0 aliphatic heterocycles. The molecule has 1 amide bonds. The number of hydrogen-bond donors (Lipinski definition) is 3. The van der Waals surface area contributed by atoms with Crippen LogP contribution < -0.4 is 16.8 Å². The number of carbonyl (C=O) groups excluding carboxylic acids is 1. The van der Waals surface area contributed by atoms with Gasteiger partial charge in [0.25, 0.3) is 11.6 Å². The van der Waals surface area contributed by atoms with Crippen molar-refractivity contribution in [1.82, 2.24) is 5.32 Å².